The van der Waals surface area contributed by atoms with Crippen molar-refractivity contribution in [2.75, 3.05) is 13.1 Å². The van der Waals surface area contributed by atoms with Gasteiger partial charge in [-0.1, -0.05) is 35.9 Å². The van der Waals surface area contributed by atoms with Gasteiger partial charge in [0.05, 0.1) is 16.0 Å². The molecule has 2 saturated heterocycles. The van der Waals surface area contributed by atoms with Crippen molar-refractivity contribution in [2.45, 2.75) is 42.8 Å². The number of nitrogens with zero attached hydrogens (tertiary/aromatic N) is 1. The summed E-state index contributed by atoms with van der Waals surface area (Å²) in [5.41, 5.74) is -0.997. The highest BCUT2D eigenvalue weighted by molar-refractivity contribution is 7.18. The third kappa shape index (κ3) is 3.03. The molecule has 1 saturated carbocycles. The number of likely N-dealkylation sites (tertiary alicyclic amines) is 1. The molecule has 3 heterocycles. The maximum atomic E-state index is 13.3. The van der Waals surface area contributed by atoms with Crippen molar-refractivity contribution in [3.63, 3.8) is 0 Å². The van der Waals surface area contributed by atoms with E-state index in [9.17, 15) is 22.8 Å². The number of carbonyl (C=O) groups is 2. The predicted octanol–water partition coefficient (Wildman–Crippen LogP) is 4.77. The van der Waals surface area contributed by atoms with Crippen LogP contribution in [0.1, 0.15) is 40.9 Å². The van der Waals surface area contributed by atoms with Crippen LogP contribution in [0.3, 0.4) is 0 Å². The summed E-state index contributed by atoms with van der Waals surface area (Å²) >= 11 is 7.54. The van der Waals surface area contributed by atoms with Crippen LogP contribution in [0.2, 0.25) is 5.02 Å². The zero-order valence-electron chi connectivity index (χ0n) is 15.8. The molecule has 1 aromatic carbocycles. The molecule has 4 nitrogen and oxygen atoms in total. The number of halogens is 4. The van der Waals surface area contributed by atoms with Gasteiger partial charge < -0.3 is 10.2 Å². The third-order valence-corrected chi connectivity index (χ3v) is 7.99. The van der Waals surface area contributed by atoms with Crippen molar-refractivity contribution in [1.82, 2.24) is 10.2 Å². The maximum Gasteiger partial charge on any atom is 0.398 e. The molecule has 1 aliphatic carbocycles. The van der Waals surface area contributed by atoms with E-state index in [1.54, 1.807) is 23.1 Å². The Morgan fingerprint density at radius 2 is 1.80 bits per heavy atom. The van der Waals surface area contributed by atoms with Crippen LogP contribution in [0.25, 0.3) is 10.4 Å². The molecule has 0 unspecified atom stereocenters. The van der Waals surface area contributed by atoms with Crippen LogP contribution in [0.5, 0.6) is 0 Å². The zero-order valence-corrected chi connectivity index (χ0v) is 17.4. The number of thiophene rings is 1. The Labute approximate surface area is 180 Å². The van der Waals surface area contributed by atoms with Crippen LogP contribution in [-0.4, -0.2) is 41.5 Å². The van der Waals surface area contributed by atoms with Crippen molar-refractivity contribution < 1.29 is 22.8 Å². The van der Waals surface area contributed by atoms with E-state index < -0.39 is 11.6 Å². The summed E-state index contributed by atoms with van der Waals surface area (Å²) in [5.74, 6) is -0.172. The van der Waals surface area contributed by atoms with E-state index in [2.05, 4.69) is 5.32 Å². The number of hydrogen-bond acceptors (Lipinski definition) is 3. The topological polar surface area (TPSA) is 49.4 Å². The molecule has 1 N–H and O–H groups in total. The predicted molar refractivity (Wildman–Crippen MR) is 108 cm³/mol. The largest absolute Gasteiger partial charge is 0.398 e. The molecule has 0 radical (unpaired) electrons. The second-order valence-corrected chi connectivity index (χ2v) is 9.89. The van der Waals surface area contributed by atoms with Crippen LogP contribution in [0.4, 0.5) is 13.2 Å². The number of benzene rings is 1. The smallest absolute Gasteiger partial charge is 0.347 e. The van der Waals surface area contributed by atoms with E-state index in [1.165, 1.54) is 23.5 Å². The van der Waals surface area contributed by atoms with Crippen LogP contribution in [0.15, 0.2) is 30.3 Å². The Morgan fingerprint density at radius 1 is 1.13 bits per heavy atom. The first-order valence-electron chi connectivity index (χ1n) is 9.70. The monoisotopic (exact) mass is 454 g/mol. The first kappa shape index (κ1) is 19.9. The van der Waals surface area contributed by atoms with Crippen molar-refractivity contribution in [2.24, 2.45) is 0 Å². The Kier molecular flexibility index (Phi) is 4.29. The summed E-state index contributed by atoms with van der Waals surface area (Å²) in [7, 11) is 0. The molecular weight excluding hydrogens is 437 g/mol. The van der Waals surface area contributed by atoms with Crippen molar-refractivity contribution >= 4 is 34.8 Å². The van der Waals surface area contributed by atoms with Crippen molar-refractivity contribution in [3.05, 3.63) is 45.8 Å². The normalized spacial score (nSPS) is 21.5. The summed E-state index contributed by atoms with van der Waals surface area (Å²) in [6, 6.07) is 8.03. The summed E-state index contributed by atoms with van der Waals surface area (Å²) in [6.07, 6.45) is -2.79. The molecule has 158 valence electrons. The molecule has 2 aromatic rings. The summed E-state index contributed by atoms with van der Waals surface area (Å²) in [5, 5.41) is 3.27. The van der Waals surface area contributed by atoms with Crippen LogP contribution in [0, 0.1) is 0 Å². The SMILES string of the molecule is O=C1CCC2(CN(C(=O)c3sc(-c4ccc(C5(C(F)(F)F)CC5)cc4)cc3Cl)C2)N1. The Balaban J connectivity index is 1.32. The maximum absolute atomic E-state index is 13.3. The van der Waals surface area contributed by atoms with Gasteiger partial charge in [-0.15, -0.1) is 11.3 Å². The van der Waals surface area contributed by atoms with Gasteiger partial charge in [0.25, 0.3) is 5.91 Å². The average molecular weight is 455 g/mol. The fourth-order valence-corrected chi connectivity index (χ4v) is 5.85. The van der Waals surface area contributed by atoms with Gasteiger partial charge in [0.2, 0.25) is 5.91 Å². The summed E-state index contributed by atoms with van der Waals surface area (Å²) in [4.78, 5) is 27.1. The quantitative estimate of drug-likeness (QED) is 0.726. The average Bonchev–Trinajstić information content (AvgIpc) is 3.28. The molecule has 30 heavy (non-hydrogen) atoms. The lowest BCUT2D eigenvalue weighted by Gasteiger charge is -2.47. The molecule has 3 fully saturated rings. The van der Waals surface area contributed by atoms with Gasteiger partial charge in [-0.2, -0.15) is 13.2 Å². The Hall–Kier alpha value is -2.06. The molecule has 5 rings (SSSR count). The Morgan fingerprint density at radius 3 is 2.33 bits per heavy atom. The van der Waals surface area contributed by atoms with Gasteiger partial charge in [-0.25, -0.2) is 0 Å². The van der Waals surface area contributed by atoms with E-state index in [0.29, 0.717) is 29.4 Å². The second kappa shape index (κ2) is 6.47. The molecule has 0 atom stereocenters. The first-order valence-corrected chi connectivity index (χ1v) is 10.9. The second-order valence-electron chi connectivity index (χ2n) is 8.43. The highest BCUT2D eigenvalue weighted by Crippen LogP contribution is 2.59. The lowest BCUT2D eigenvalue weighted by molar-refractivity contribution is -0.160. The number of hydrogen-bond donors (Lipinski definition) is 1. The van der Waals surface area contributed by atoms with Crippen LogP contribution >= 0.6 is 22.9 Å². The van der Waals surface area contributed by atoms with Crippen LogP contribution in [-0.2, 0) is 10.2 Å². The molecule has 9 heteroatoms. The number of rotatable bonds is 3. The van der Waals surface area contributed by atoms with Gasteiger partial charge in [0, 0.05) is 24.4 Å². The molecule has 1 spiro atoms. The molecule has 2 amide bonds. The van der Waals surface area contributed by atoms with E-state index in [4.69, 9.17) is 11.6 Å². The Bertz CT molecular complexity index is 1040. The summed E-state index contributed by atoms with van der Waals surface area (Å²) in [6.45, 7) is 0.935. The lowest BCUT2D eigenvalue weighted by atomic mass is 9.88. The van der Waals surface area contributed by atoms with Gasteiger partial charge >= 0.3 is 6.18 Å². The molecule has 0 bridgehead atoms. The van der Waals surface area contributed by atoms with E-state index in [1.807, 2.05) is 0 Å². The summed E-state index contributed by atoms with van der Waals surface area (Å²) < 4.78 is 39.9. The van der Waals surface area contributed by atoms with Crippen molar-refractivity contribution in [3.8, 4) is 10.4 Å². The highest BCUT2D eigenvalue weighted by Gasteiger charge is 2.64. The molecule has 2 aliphatic heterocycles. The number of amides is 2. The van der Waals surface area contributed by atoms with Gasteiger partial charge in [-0.3, -0.25) is 9.59 Å². The fraction of sp³-hybridized carbons (Fsp3) is 0.429. The van der Waals surface area contributed by atoms with Gasteiger partial charge in [-0.05, 0) is 36.5 Å². The fourth-order valence-electron chi connectivity index (χ4n) is 4.45. The molecular formula is C21H18ClF3N2O2S. The number of alkyl halides is 3. The highest BCUT2D eigenvalue weighted by atomic mass is 35.5. The zero-order chi connectivity index (χ0) is 21.3. The van der Waals surface area contributed by atoms with Gasteiger partial charge in [0.15, 0.2) is 0 Å². The van der Waals surface area contributed by atoms with E-state index in [0.717, 1.165) is 16.9 Å². The van der Waals surface area contributed by atoms with Crippen molar-refractivity contribution in [1.29, 1.82) is 0 Å². The standard InChI is InChI=1S/C21H18ClF3N2O2S/c22-14-9-15(12-1-3-13(4-2-12)20(7-8-20)21(23,24)25)30-17(14)18(29)27-10-19(11-27)6-5-16(28)26-19/h1-4,9H,5-8,10-11H2,(H,26,28). The molecule has 1 aromatic heterocycles. The number of carbonyl (C=O) groups excluding carboxylic acids is 2. The third-order valence-electron chi connectivity index (χ3n) is 6.41. The van der Waals surface area contributed by atoms with E-state index >= 15 is 0 Å². The minimum absolute atomic E-state index is 0.0143. The lowest BCUT2D eigenvalue weighted by Crippen LogP contribution is -2.68. The minimum Gasteiger partial charge on any atom is -0.347 e. The molecule has 3 aliphatic rings. The van der Waals surface area contributed by atoms with E-state index in [-0.39, 0.29) is 35.8 Å². The van der Waals surface area contributed by atoms with Gasteiger partial charge in [0.1, 0.15) is 4.88 Å². The van der Waals surface area contributed by atoms with Crippen LogP contribution < -0.4 is 5.32 Å². The minimum atomic E-state index is -4.24. The number of nitrogens with one attached hydrogen (secondary N) is 1. The first-order chi connectivity index (χ1) is 14.1.